The van der Waals surface area contributed by atoms with Gasteiger partial charge in [0.2, 0.25) is 0 Å². The molecule has 4 unspecified atom stereocenters. The zero-order chi connectivity index (χ0) is 11.3. The minimum absolute atomic E-state index is 0.766. The molecular weight excluding hydrogens is 182 g/mol. The highest BCUT2D eigenvalue weighted by molar-refractivity contribution is 4.86. The van der Waals surface area contributed by atoms with Crippen LogP contribution in [0.4, 0.5) is 0 Å². The molecule has 0 saturated heterocycles. The molecule has 1 aliphatic carbocycles. The predicted octanol–water partition coefficient (Wildman–Crippen LogP) is 3.98. The van der Waals surface area contributed by atoms with Crippen LogP contribution in [0.1, 0.15) is 66.2 Å². The van der Waals surface area contributed by atoms with Crippen LogP contribution in [-0.2, 0) is 0 Å². The van der Waals surface area contributed by atoms with Gasteiger partial charge in [-0.2, -0.15) is 0 Å². The maximum absolute atomic E-state index is 3.88. The quantitative estimate of drug-likeness (QED) is 0.701. The highest BCUT2D eigenvalue weighted by Crippen LogP contribution is 2.31. The Morgan fingerprint density at radius 3 is 2.40 bits per heavy atom. The molecule has 1 N–H and O–H groups in total. The molecule has 1 saturated carbocycles. The summed E-state index contributed by atoms with van der Waals surface area (Å²) in [6, 6.07) is 1.56. The molecule has 0 spiro atoms. The fraction of sp³-hybridized carbons (Fsp3) is 1.00. The van der Waals surface area contributed by atoms with Crippen molar-refractivity contribution in [3.05, 3.63) is 0 Å². The lowest BCUT2D eigenvalue weighted by Crippen LogP contribution is -2.39. The fourth-order valence-electron chi connectivity index (χ4n) is 2.95. The Morgan fingerprint density at radius 2 is 1.93 bits per heavy atom. The van der Waals surface area contributed by atoms with Gasteiger partial charge >= 0.3 is 0 Å². The van der Waals surface area contributed by atoms with E-state index in [1.807, 2.05) is 0 Å². The summed E-state index contributed by atoms with van der Waals surface area (Å²) in [5, 5.41) is 3.88. The van der Waals surface area contributed by atoms with Gasteiger partial charge in [0.25, 0.3) is 0 Å². The first kappa shape index (κ1) is 13.0. The first-order chi connectivity index (χ1) is 7.17. The number of unbranched alkanes of at least 4 members (excludes halogenated alkanes) is 1. The summed E-state index contributed by atoms with van der Waals surface area (Å²) in [4.78, 5) is 0. The minimum Gasteiger partial charge on any atom is -0.311 e. The number of rotatable bonds is 6. The number of nitrogens with one attached hydrogen (secondary N) is 1. The third kappa shape index (κ3) is 4.14. The summed E-state index contributed by atoms with van der Waals surface area (Å²) >= 11 is 0. The van der Waals surface area contributed by atoms with Crippen LogP contribution in [0.25, 0.3) is 0 Å². The van der Waals surface area contributed by atoms with Gasteiger partial charge in [0, 0.05) is 12.1 Å². The molecule has 1 rings (SSSR count). The van der Waals surface area contributed by atoms with Crippen LogP contribution in [0.3, 0.4) is 0 Å². The van der Waals surface area contributed by atoms with Gasteiger partial charge in [0.1, 0.15) is 0 Å². The van der Waals surface area contributed by atoms with Crippen molar-refractivity contribution in [3.63, 3.8) is 0 Å². The van der Waals surface area contributed by atoms with Gasteiger partial charge in [-0.3, -0.25) is 0 Å². The average Bonchev–Trinajstić information content (AvgIpc) is 2.52. The molecule has 0 aromatic carbocycles. The Labute approximate surface area is 96.0 Å². The van der Waals surface area contributed by atoms with Crippen LogP contribution in [0.15, 0.2) is 0 Å². The fourth-order valence-corrected chi connectivity index (χ4v) is 2.95. The second-order valence-electron chi connectivity index (χ2n) is 5.57. The molecule has 1 aliphatic rings. The van der Waals surface area contributed by atoms with E-state index < -0.39 is 0 Å². The standard InChI is InChI=1S/C14H29N/c1-5-7-8-13(6-2)15-14-10-11(3)9-12(14)4/h11-15H,5-10H2,1-4H3. The molecule has 0 radical (unpaired) electrons. The van der Waals surface area contributed by atoms with Crippen molar-refractivity contribution in [2.24, 2.45) is 11.8 Å². The van der Waals surface area contributed by atoms with Gasteiger partial charge in [-0.15, -0.1) is 0 Å². The van der Waals surface area contributed by atoms with E-state index in [2.05, 4.69) is 33.0 Å². The Morgan fingerprint density at radius 1 is 1.20 bits per heavy atom. The largest absolute Gasteiger partial charge is 0.311 e. The Hall–Kier alpha value is -0.0400. The van der Waals surface area contributed by atoms with Crippen molar-refractivity contribution in [1.29, 1.82) is 0 Å². The first-order valence-corrected chi connectivity index (χ1v) is 6.93. The molecule has 0 amide bonds. The summed E-state index contributed by atoms with van der Waals surface area (Å²) < 4.78 is 0. The maximum atomic E-state index is 3.88. The van der Waals surface area contributed by atoms with E-state index >= 15 is 0 Å². The molecular formula is C14H29N. The second kappa shape index (κ2) is 6.52. The van der Waals surface area contributed by atoms with Crippen LogP contribution in [0.2, 0.25) is 0 Å². The van der Waals surface area contributed by atoms with Crippen LogP contribution in [0.5, 0.6) is 0 Å². The third-order valence-electron chi connectivity index (χ3n) is 3.97. The summed E-state index contributed by atoms with van der Waals surface area (Å²) in [7, 11) is 0. The molecule has 1 fully saturated rings. The molecule has 0 aromatic heterocycles. The van der Waals surface area contributed by atoms with Gasteiger partial charge in [-0.05, 0) is 37.5 Å². The molecule has 1 heteroatoms. The Balaban J connectivity index is 2.31. The molecule has 1 nitrogen and oxygen atoms in total. The van der Waals surface area contributed by atoms with E-state index in [4.69, 9.17) is 0 Å². The zero-order valence-corrected chi connectivity index (χ0v) is 11.1. The van der Waals surface area contributed by atoms with Crippen molar-refractivity contribution >= 4 is 0 Å². The van der Waals surface area contributed by atoms with Crippen molar-refractivity contribution in [2.45, 2.75) is 78.3 Å². The van der Waals surface area contributed by atoms with Crippen LogP contribution in [0, 0.1) is 11.8 Å². The lowest BCUT2D eigenvalue weighted by molar-refractivity contribution is 0.346. The highest BCUT2D eigenvalue weighted by atomic mass is 15.0. The SMILES string of the molecule is CCCCC(CC)NC1CC(C)CC1C. The van der Waals surface area contributed by atoms with Gasteiger partial charge in [0.15, 0.2) is 0 Å². The molecule has 0 bridgehead atoms. The number of hydrogen-bond acceptors (Lipinski definition) is 1. The van der Waals surface area contributed by atoms with Crippen molar-refractivity contribution < 1.29 is 0 Å². The molecule has 90 valence electrons. The first-order valence-electron chi connectivity index (χ1n) is 6.93. The van der Waals surface area contributed by atoms with E-state index in [-0.39, 0.29) is 0 Å². The van der Waals surface area contributed by atoms with Gasteiger partial charge < -0.3 is 5.32 Å². The van der Waals surface area contributed by atoms with Crippen molar-refractivity contribution in [2.75, 3.05) is 0 Å². The Bertz CT molecular complexity index is 167. The van der Waals surface area contributed by atoms with E-state index in [9.17, 15) is 0 Å². The second-order valence-corrected chi connectivity index (χ2v) is 5.57. The summed E-state index contributed by atoms with van der Waals surface area (Å²) in [6.07, 6.45) is 8.17. The molecule has 0 aliphatic heterocycles. The zero-order valence-electron chi connectivity index (χ0n) is 11.1. The van der Waals surface area contributed by atoms with Crippen LogP contribution < -0.4 is 5.32 Å². The van der Waals surface area contributed by atoms with Crippen LogP contribution >= 0.6 is 0 Å². The summed E-state index contributed by atoms with van der Waals surface area (Å²) in [5.74, 6) is 1.82. The van der Waals surface area contributed by atoms with E-state index in [1.54, 1.807) is 0 Å². The topological polar surface area (TPSA) is 12.0 Å². The van der Waals surface area contributed by atoms with Crippen LogP contribution in [-0.4, -0.2) is 12.1 Å². The predicted molar refractivity (Wildman–Crippen MR) is 68.1 cm³/mol. The summed E-state index contributed by atoms with van der Waals surface area (Å²) in [5.41, 5.74) is 0. The molecule has 0 aromatic rings. The van der Waals surface area contributed by atoms with E-state index in [0.717, 1.165) is 23.9 Å². The average molecular weight is 211 g/mol. The highest BCUT2D eigenvalue weighted by Gasteiger charge is 2.29. The monoisotopic (exact) mass is 211 g/mol. The minimum atomic E-state index is 0.766. The Kier molecular flexibility index (Phi) is 5.66. The molecule has 0 heterocycles. The van der Waals surface area contributed by atoms with Gasteiger partial charge in [0.05, 0.1) is 0 Å². The smallest absolute Gasteiger partial charge is 0.00979 e. The van der Waals surface area contributed by atoms with Gasteiger partial charge in [-0.25, -0.2) is 0 Å². The third-order valence-corrected chi connectivity index (χ3v) is 3.97. The number of hydrogen-bond donors (Lipinski definition) is 1. The maximum Gasteiger partial charge on any atom is 0.00979 e. The van der Waals surface area contributed by atoms with E-state index in [0.29, 0.717) is 0 Å². The molecule has 15 heavy (non-hydrogen) atoms. The molecule has 4 atom stereocenters. The van der Waals surface area contributed by atoms with Gasteiger partial charge in [-0.1, -0.05) is 40.5 Å². The lowest BCUT2D eigenvalue weighted by atomic mass is 10.0. The summed E-state index contributed by atoms with van der Waals surface area (Å²) in [6.45, 7) is 9.41. The van der Waals surface area contributed by atoms with E-state index in [1.165, 1.54) is 38.5 Å². The van der Waals surface area contributed by atoms with Crippen molar-refractivity contribution in [3.8, 4) is 0 Å². The normalized spacial score (nSPS) is 33.2. The lowest BCUT2D eigenvalue weighted by Gasteiger charge is -2.24. The van der Waals surface area contributed by atoms with Crippen molar-refractivity contribution in [1.82, 2.24) is 5.32 Å².